The summed E-state index contributed by atoms with van der Waals surface area (Å²) in [6.07, 6.45) is 3.30. The van der Waals surface area contributed by atoms with E-state index >= 15 is 0 Å². The molecule has 2 atom stereocenters. The minimum absolute atomic E-state index is 0.184. The second kappa shape index (κ2) is 7.77. The maximum Gasteiger partial charge on any atom is 0.0834 e. The zero-order valence-electron chi connectivity index (χ0n) is 18.2. The molecule has 0 saturated carbocycles. The van der Waals surface area contributed by atoms with Gasteiger partial charge in [0.05, 0.1) is 17.3 Å². The number of aliphatic hydroxyl groups is 1. The molecule has 4 nitrogen and oxygen atoms in total. The maximum absolute atomic E-state index is 10.5. The van der Waals surface area contributed by atoms with Crippen LogP contribution in [0.3, 0.4) is 0 Å². The first kappa shape index (κ1) is 19.7. The number of likely N-dealkylation sites (N-methyl/N-ethyl adjacent to an activating group) is 1. The van der Waals surface area contributed by atoms with Crippen molar-refractivity contribution >= 4 is 10.9 Å². The first-order valence-corrected chi connectivity index (χ1v) is 11.1. The largest absolute Gasteiger partial charge is 0.390 e. The van der Waals surface area contributed by atoms with Crippen molar-refractivity contribution in [1.82, 2.24) is 14.8 Å². The summed E-state index contributed by atoms with van der Waals surface area (Å²) in [5.41, 5.74) is 8.81. The van der Waals surface area contributed by atoms with Crippen molar-refractivity contribution in [2.24, 2.45) is 0 Å². The Morgan fingerprint density at radius 1 is 1.07 bits per heavy atom. The molecule has 30 heavy (non-hydrogen) atoms. The Bertz CT molecular complexity index is 1090. The number of fused-ring (bicyclic) bond motifs is 2. The molecule has 1 saturated heterocycles. The highest BCUT2D eigenvalue weighted by Crippen LogP contribution is 2.32. The minimum atomic E-state index is -0.306. The third-order valence-corrected chi connectivity index (χ3v) is 6.79. The number of aliphatic hydroxyl groups excluding tert-OH is 1. The second-order valence-electron chi connectivity index (χ2n) is 9.33. The lowest BCUT2D eigenvalue weighted by Crippen LogP contribution is -2.37. The molecule has 0 spiro atoms. The van der Waals surface area contributed by atoms with Crippen molar-refractivity contribution in [2.45, 2.75) is 44.9 Å². The van der Waals surface area contributed by atoms with Crippen LogP contribution < -0.4 is 0 Å². The van der Waals surface area contributed by atoms with E-state index in [1.54, 1.807) is 0 Å². The Kier molecular flexibility index (Phi) is 5.10. The first-order chi connectivity index (χ1) is 14.5. The van der Waals surface area contributed by atoms with Crippen LogP contribution in [0.15, 0.2) is 42.5 Å². The second-order valence-corrected chi connectivity index (χ2v) is 9.33. The number of rotatable bonds is 4. The molecule has 1 aromatic heterocycles. The molecule has 2 heterocycles. The molecule has 4 heteroatoms. The van der Waals surface area contributed by atoms with Gasteiger partial charge < -0.3 is 10.0 Å². The minimum Gasteiger partial charge on any atom is -0.390 e. The van der Waals surface area contributed by atoms with E-state index < -0.39 is 0 Å². The predicted molar refractivity (Wildman–Crippen MR) is 123 cm³/mol. The Morgan fingerprint density at radius 3 is 2.60 bits per heavy atom. The average Bonchev–Trinajstić information content (AvgIpc) is 3.31. The number of nitrogens with zero attached hydrogens (tertiary/aromatic N) is 3. The molecule has 0 radical (unpaired) electrons. The lowest BCUT2D eigenvalue weighted by atomic mass is 9.99. The van der Waals surface area contributed by atoms with Gasteiger partial charge >= 0.3 is 0 Å². The SMILES string of the molecule is Cc1cccc(-c2nc3cc4c(cc3cc2CN2C[C@@H](O)[C@H](N(C)C)C2)CCC4)c1. The maximum atomic E-state index is 10.5. The van der Waals surface area contributed by atoms with Crippen molar-refractivity contribution in [1.29, 1.82) is 0 Å². The molecule has 0 amide bonds. The van der Waals surface area contributed by atoms with Gasteiger partial charge in [0.25, 0.3) is 0 Å². The van der Waals surface area contributed by atoms with E-state index in [0.717, 1.165) is 24.3 Å². The monoisotopic (exact) mass is 401 g/mol. The summed E-state index contributed by atoms with van der Waals surface area (Å²) in [5.74, 6) is 0. The van der Waals surface area contributed by atoms with Gasteiger partial charge in [-0.25, -0.2) is 4.98 Å². The summed E-state index contributed by atoms with van der Waals surface area (Å²) in [4.78, 5) is 9.68. The van der Waals surface area contributed by atoms with E-state index in [9.17, 15) is 5.11 Å². The molecule has 1 aliphatic heterocycles. The van der Waals surface area contributed by atoms with Crippen LogP contribution in [0.1, 0.15) is 28.7 Å². The zero-order valence-corrected chi connectivity index (χ0v) is 18.2. The molecule has 1 fully saturated rings. The van der Waals surface area contributed by atoms with E-state index in [1.807, 2.05) is 14.1 Å². The Morgan fingerprint density at radius 2 is 1.87 bits per heavy atom. The van der Waals surface area contributed by atoms with E-state index in [-0.39, 0.29) is 12.1 Å². The van der Waals surface area contributed by atoms with E-state index in [4.69, 9.17) is 4.98 Å². The standard InChI is InChI=1S/C26H31N3O/c1-17-6-4-9-20(10-17)26-22(14-29-15-24(28(2)3)25(30)16-29)12-21-11-18-7-5-8-19(18)13-23(21)27-26/h4,6,9-13,24-25,30H,5,7-8,14-16H2,1-3H3/t24-,25-/m1/s1. The molecule has 156 valence electrons. The van der Waals surface area contributed by atoms with Crippen molar-refractivity contribution in [2.75, 3.05) is 27.2 Å². The summed E-state index contributed by atoms with van der Waals surface area (Å²) in [7, 11) is 4.10. The van der Waals surface area contributed by atoms with E-state index in [0.29, 0.717) is 6.54 Å². The number of hydrogen-bond acceptors (Lipinski definition) is 4. The summed E-state index contributed by atoms with van der Waals surface area (Å²) >= 11 is 0. The van der Waals surface area contributed by atoms with Crippen molar-refractivity contribution in [3.05, 3.63) is 64.7 Å². The van der Waals surface area contributed by atoms with Gasteiger partial charge in [-0.15, -0.1) is 0 Å². The molecule has 0 unspecified atom stereocenters. The van der Waals surface area contributed by atoms with Gasteiger partial charge in [-0.05, 0) is 81.2 Å². The van der Waals surface area contributed by atoms with Crippen LogP contribution in [-0.4, -0.2) is 59.2 Å². The first-order valence-electron chi connectivity index (χ1n) is 11.1. The lowest BCUT2D eigenvalue weighted by Gasteiger charge is -2.22. The third-order valence-electron chi connectivity index (χ3n) is 6.79. The van der Waals surface area contributed by atoms with Gasteiger partial charge in [0, 0.05) is 36.6 Å². The molecule has 3 aromatic rings. The van der Waals surface area contributed by atoms with Crippen LogP contribution >= 0.6 is 0 Å². The van der Waals surface area contributed by atoms with Crippen LogP contribution in [0.4, 0.5) is 0 Å². The van der Waals surface area contributed by atoms with Crippen molar-refractivity contribution in [3.8, 4) is 11.3 Å². The number of pyridine rings is 1. The smallest absolute Gasteiger partial charge is 0.0834 e. The van der Waals surface area contributed by atoms with Gasteiger partial charge in [-0.3, -0.25) is 4.90 Å². The highest BCUT2D eigenvalue weighted by atomic mass is 16.3. The molecule has 5 rings (SSSR count). The molecule has 2 aliphatic rings. The number of β-amino-alcohol motifs (C(OH)–C–C–N with tert-alkyl or cyclic N) is 1. The summed E-state index contributed by atoms with van der Waals surface area (Å²) in [5, 5.41) is 11.8. The highest BCUT2D eigenvalue weighted by molar-refractivity contribution is 5.85. The van der Waals surface area contributed by atoms with Crippen molar-refractivity contribution < 1.29 is 5.11 Å². The fourth-order valence-corrected chi connectivity index (χ4v) is 5.18. The molecule has 1 aliphatic carbocycles. The van der Waals surface area contributed by atoms with Crippen LogP contribution in [0.25, 0.3) is 22.2 Å². The Hall–Kier alpha value is -2.27. The highest BCUT2D eigenvalue weighted by Gasteiger charge is 2.33. The summed E-state index contributed by atoms with van der Waals surface area (Å²) in [6.45, 7) is 4.53. The van der Waals surface area contributed by atoms with Gasteiger partial charge in [-0.1, -0.05) is 23.8 Å². The zero-order chi connectivity index (χ0) is 20.8. The predicted octanol–water partition coefficient (Wildman–Crippen LogP) is 3.81. The number of hydrogen-bond donors (Lipinski definition) is 1. The van der Waals surface area contributed by atoms with Gasteiger partial charge in [0.15, 0.2) is 0 Å². The fourth-order valence-electron chi connectivity index (χ4n) is 5.18. The van der Waals surface area contributed by atoms with Gasteiger partial charge in [-0.2, -0.15) is 0 Å². The fraction of sp³-hybridized carbons (Fsp3) is 0.423. The van der Waals surface area contributed by atoms with E-state index in [1.165, 1.54) is 52.5 Å². The number of likely N-dealkylation sites (tertiary alicyclic amines) is 1. The average molecular weight is 402 g/mol. The number of benzene rings is 2. The number of aryl methyl sites for hydroxylation is 3. The van der Waals surface area contributed by atoms with E-state index in [2.05, 4.69) is 59.2 Å². The normalized spacial score (nSPS) is 21.6. The van der Waals surface area contributed by atoms with Crippen LogP contribution in [-0.2, 0) is 19.4 Å². The lowest BCUT2D eigenvalue weighted by molar-refractivity contribution is 0.112. The topological polar surface area (TPSA) is 39.6 Å². The molecule has 2 aromatic carbocycles. The van der Waals surface area contributed by atoms with Crippen LogP contribution in [0.2, 0.25) is 0 Å². The van der Waals surface area contributed by atoms with Crippen LogP contribution in [0, 0.1) is 6.92 Å². The Balaban J connectivity index is 1.58. The molecular weight excluding hydrogens is 370 g/mol. The van der Waals surface area contributed by atoms with Crippen molar-refractivity contribution in [3.63, 3.8) is 0 Å². The summed E-state index contributed by atoms with van der Waals surface area (Å²) in [6, 6.07) is 15.8. The van der Waals surface area contributed by atoms with Gasteiger partial charge in [0.2, 0.25) is 0 Å². The van der Waals surface area contributed by atoms with Crippen LogP contribution in [0.5, 0.6) is 0 Å². The Labute approximate surface area is 179 Å². The molecule has 1 N–H and O–H groups in total. The van der Waals surface area contributed by atoms with Gasteiger partial charge in [0.1, 0.15) is 0 Å². The third kappa shape index (κ3) is 3.64. The summed E-state index contributed by atoms with van der Waals surface area (Å²) < 4.78 is 0. The number of aromatic nitrogens is 1. The molecule has 0 bridgehead atoms. The quantitative estimate of drug-likeness (QED) is 0.722. The molecular formula is C26H31N3O.